The van der Waals surface area contributed by atoms with Crippen LogP contribution in [0.25, 0.3) is 0 Å². The van der Waals surface area contributed by atoms with Crippen molar-refractivity contribution in [1.82, 2.24) is 4.90 Å². The van der Waals surface area contributed by atoms with Gasteiger partial charge in [-0.2, -0.15) is 0 Å². The fourth-order valence-corrected chi connectivity index (χ4v) is 2.77. The van der Waals surface area contributed by atoms with E-state index in [1.807, 2.05) is 12.1 Å². The normalized spacial score (nSPS) is 20.3. The Hall–Kier alpha value is -1.04. The molecule has 1 aliphatic heterocycles. The molecule has 104 valence electrons. The van der Waals surface area contributed by atoms with Crippen LogP contribution in [0.3, 0.4) is 0 Å². The third-order valence-corrected chi connectivity index (χ3v) is 3.72. The lowest BCUT2D eigenvalue weighted by molar-refractivity contribution is 0.176. The monoisotopic (exact) mass is 263 g/mol. The predicted molar refractivity (Wildman–Crippen MR) is 76.5 cm³/mol. The van der Waals surface area contributed by atoms with Crippen LogP contribution in [-0.4, -0.2) is 42.3 Å². The van der Waals surface area contributed by atoms with E-state index in [4.69, 9.17) is 4.74 Å². The van der Waals surface area contributed by atoms with Gasteiger partial charge in [-0.1, -0.05) is 19.1 Å². The number of piperidine rings is 1. The maximum Gasteiger partial charge on any atom is 0.492 e. The van der Waals surface area contributed by atoms with Gasteiger partial charge < -0.3 is 14.8 Å². The van der Waals surface area contributed by atoms with Gasteiger partial charge in [-0.15, -0.1) is 0 Å². The fraction of sp³-hybridized carbons (Fsp3) is 0.571. The minimum absolute atomic E-state index is 0.435. The Morgan fingerprint density at radius 2 is 2.21 bits per heavy atom. The van der Waals surface area contributed by atoms with E-state index < -0.39 is 7.12 Å². The molecule has 5 heteroatoms. The second kappa shape index (κ2) is 6.41. The number of hydrogen-bond acceptors (Lipinski definition) is 4. The van der Waals surface area contributed by atoms with E-state index in [9.17, 15) is 10.0 Å². The molecule has 0 aliphatic carbocycles. The summed E-state index contributed by atoms with van der Waals surface area (Å²) in [5, 5.41) is 18.7. The molecule has 0 amide bonds. The topological polar surface area (TPSA) is 52.9 Å². The largest absolute Gasteiger partial charge is 0.497 e. The lowest BCUT2D eigenvalue weighted by atomic mass is 9.78. The van der Waals surface area contributed by atoms with E-state index >= 15 is 0 Å². The van der Waals surface area contributed by atoms with E-state index in [1.54, 1.807) is 6.07 Å². The number of ether oxygens (including phenoxy) is 1. The van der Waals surface area contributed by atoms with Crippen LogP contribution in [-0.2, 0) is 6.54 Å². The van der Waals surface area contributed by atoms with Crippen molar-refractivity contribution in [1.29, 1.82) is 0 Å². The standard InChI is InChI=1S/C14H22BNO3/c1-11-4-3-7-16(9-11)10-12-5-6-14(19-2)13(8-12)15(17)18/h5-6,8,11,17-18H,3-4,7,9-10H2,1-2H3. The van der Waals surface area contributed by atoms with Gasteiger partial charge in [0.25, 0.3) is 0 Å². The van der Waals surface area contributed by atoms with Crippen molar-refractivity contribution in [3.63, 3.8) is 0 Å². The van der Waals surface area contributed by atoms with Crippen molar-refractivity contribution in [2.75, 3.05) is 20.2 Å². The fourth-order valence-electron chi connectivity index (χ4n) is 2.77. The molecule has 1 aromatic carbocycles. The molecule has 1 aliphatic rings. The van der Waals surface area contributed by atoms with Gasteiger partial charge in [-0.3, -0.25) is 4.90 Å². The Morgan fingerprint density at radius 3 is 2.84 bits per heavy atom. The van der Waals surface area contributed by atoms with Crippen LogP contribution in [0.4, 0.5) is 0 Å². The van der Waals surface area contributed by atoms with E-state index in [0.29, 0.717) is 11.2 Å². The van der Waals surface area contributed by atoms with Crippen LogP contribution in [0.2, 0.25) is 0 Å². The molecule has 1 aromatic rings. The summed E-state index contributed by atoms with van der Waals surface area (Å²) in [6, 6.07) is 5.62. The Balaban J connectivity index is 2.10. The zero-order valence-corrected chi connectivity index (χ0v) is 11.7. The van der Waals surface area contributed by atoms with Gasteiger partial charge in [-0.05, 0) is 36.9 Å². The van der Waals surface area contributed by atoms with Crippen LogP contribution in [0.5, 0.6) is 5.75 Å². The number of rotatable bonds is 4. The number of hydrogen-bond donors (Lipinski definition) is 2. The highest BCUT2D eigenvalue weighted by molar-refractivity contribution is 6.59. The van der Waals surface area contributed by atoms with Crippen molar-refractivity contribution in [3.05, 3.63) is 23.8 Å². The molecule has 0 spiro atoms. The van der Waals surface area contributed by atoms with E-state index in [0.717, 1.165) is 31.1 Å². The first-order valence-corrected chi connectivity index (χ1v) is 6.85. The highest BCUT2D eigenvalue weighted by atomic mass is 16.5. The number of benzene rings is 1. The Labute approximate surface area is 115 Å². The smallest absolute Gasteiger partial charge is 0.492 e. The lowest BCUT2D eigenvalue weighted by Gasteiger charge is -2.31. The zero-order chi connectivity index (χ0) is 13.8. The van der Waals surface area contributed by atoms with Gasteiger partial charge in [0.2, 0.25) is 0 Å². The van der Waals surface area contributed by atoms with Crippen molar-refractivity contribution in [3.8, 4) is 5.75 Å². The van der Waals surface area contributed by atoms with Gasteiger partial charge in [0.15, 0.2) is 0 Å². The molecule has 1 unspecified atom stereocenters. The Kier molecular flexibility index (Phi) is 4.85. The highest BCUT2D eigenvalue weighted by Crippen LogP contribution is 2.18. The van der Waals surface area contributed by atoms with Gasteiger partial charge in [0.1, 0.15) is 5.75 Å². The predicted octanol–water partition coefficient (Wildman–Crippen LogP) is 0.607. The summed E-state index contributed by atoms with van der Waals surface area (Å²) in [5.74, 6) is 1.26. The van der Waals surface area contributed by atoms with Gasteiger partial charge in [0, 0.05) is 18.6 Å². The molecule has 2 N–H and O–H groups in total. The molecule has 1 saturated heterocycles. The highest BCUT2D eigenvalue weighted by Gasteiger charge is 2.20. The summed E-state index contributed by atoms with van der Waals surface area (Å²) in [6.45, 7) is 5.37. The maximum atomic E-state index is 9.37. The zero-order valence-electron chi connectivity index (χ0n) is 11.7. The lowest BCUT2D eigenvalue weighted by Crippen LogP contribution is -2.35. The summed E-state index contributed by atoms with van der Waals surface area (Å²) in [4.78, 5) is 2.42. The van der Waals surface area contributed by atoms with Crippen LogP contribution in [0.1, 0.15) is 25.3 Å². The minimum Gasteiger partial charge on any atom is -0.497 e. The summed E-state index contributed by atoms with van der Waals surface area (Å²) in [5.41, 5.74) is 1.53. The number of likely N-dealkylation sites (tertiary alicyclic amines) is 1. The second-order valence-corrected chi connectivity index (χ2v) is 5.43. The molecule has 4 nitrogen and oxygen atoms in total. The van der Waals surface area contributed by atoms with Crippen LogP contribution >= 0.6 is 0 Å². The van der Waals surface area contributed by atoms with Gasteiger partial charge in [-0.25, -0.2) is 0 Å². The molecular weight excluding hydrogens is 241 g/mol. The van der Waals surface area contributed by atoms with Crippen LogP contribution < -0.4 is 10.2 Å². The third kappa shape index (κ3) is 3.72. The van der Waals surface area contributed by atoms with E-state index in [2.05, 4.69) is 11.8 Å². The molecule has 1 atom stereocenters. The molecule has 0 radical (unpaired) electrons. The molecule has 0 bridgehead atoms. The first kappa shape index (κ1) is 14.4. The summed E-state index contributed by atoms with van der Waals surface area (Å²) >= 11 is 0. The van der Waals surface area contributed by atoms with Gasteiger partial charge in [0.05, 0.1) is 7.11 Å². The quantitative estimate of drug-likeness (QED) is 0.781. The van der Waals surface area contributed by atoms with Crippen molar-refractivity contribution < 1.29 is 14.8 Å². The molecule has 0 saturated carbocycles. The molecule has 1 heterocycles. The van der Waals surface area contributed by atoms with Crippen molar-refractivity contribution in [2.24, 2.45) is 5.92 Å². The molecule has 1 fully saturated rings. The second-order valence-electron chi connectivity index (χ2n) is 5.43. The summed E-state index contributed by atoms with van der Waals surface area (Å²) < 4.78 is 5.14. The molecular formula is C14H22BNO3. The Morgan fingerprint density at radius 1 is 1.42 bits per heavy atom. The van der Waals surface area contributed by atoms with E-state index in [-0.39, 0.29) is 0 Å². The average molecular weight is 263 g/mol. The van der Waals surface area contributed by atoms with Crippen LogP contribution in [0, 0.1) is 5.92 Å². The minimum atomic E-state index is -1.49. The molecule has 19 heavy (non-hydrogen) atoms. The summed E-state index contributed by atoms with van der Waals surface area (Å²) in [7, 11) is 0.0443. The molecule has 0 aromatic heterocycles. The number of methoxy groups -OCH3 is 1. The molecule has 2 rings (SSSR count). The van der Waals surface area contributed by atoms with Gasteiger partial charge >= 0.3 is 7.12 Å². The first-order valence-electron chi connectivity index (χ1n) is 6.85. The SMILES string of the molecule is COc1ccc(CN2CCCC(C)C2)cc1B(O)O. The first-order chi connectivity index (χ1) is 9.10. The summed E-state index contributed by atoms with van der Waals surface area (Å²) in [6.07, 6.45) is 2.55. The Bertz CT molecular complexity index is 425. The van der Waals surface area contributed by atoms with Crippen LogP contribution in [0.15, 0.2) is 18.2 Å². The maximum absolute atomic E-state index is 9.37. The van der Waals surface area contributed by atoms with E-state index in [1.165, 1.54) is 20.0 Å². The van der Waals surface area contributed by atoms with Crippen molar-refractivity contribution >= 4 is 12.6 Å². The number of nitrogens with zero attached hydrogens (tertiary/aromatic N) is 1. The van der Waals surface area contributed by atoms with Crippen molar-refractivity contribution in [2.45, 2.75) is 26.3 Å². The average Bonchev–Trinajstić information content (AvgIpc) is 2.38. The third-order valence-electron chi connectivity index (χ3n) is 3.72.